The quantitative estimate of drug-likeness (QED) is 0.257. The first-order valence-corrected chi connectivity index (χ1v) is 13.7. The Morgan fingerprint density at radius 1 is 1.20 bits per heavy atom. The van der Waals surface area contributed by atoms with Gasteiger partial charge in [0.25, 0.3) is 0 Å². The first kappa shape index (κ1) is 26.1. The molecule has 1 N–H and O–H groups in total. The Kier molecular flexibility index (Phi) is 8.53. The molecule has 196 valence electrons. The number of carbonyl (C=O) groups excluding carboxylic acids is 3. The molecule has 0 radical (unpaired) electrons. The molecule has 2 amide bonds. The minimum Gasteiger partial charge on any atom is -0.466 e. The van der Waals surface area contributed by atoms with Crippen molar-refractivity contribution in [1.82, 2.24) is 9.80 Å². The lowest BCUT2D eigenvalue weighted by Gasteiger charge is -2.40. The molecule has 5 atom stereocenters. The van der Waals surface area contributed by atoms with Crippen LogP contribution in [0.1, 0.15) is 77.6 Å². The molecule has 3 aliphatic heterocycles. The van der Waals surface area contributed by atoms with Crippen molar-refractivity contribution in [2.75, 3.05) is 26.3 Å². The summed E-state index contributed by atoms with van der Waals surface area (Å²) in [5.74, 6) is -1.90. The predicted molar refractivity (Wildman–Crippen MR) is 130 cm³/mol. The van der Waals surface area contributed by atoms with Gasteiger partial charge in [-0.25, -0.2) is 0 Å². The maximum Gasteiger partial charge on any atom is 0.312 e. The number of likely N-dealkylation sites (tertiary alicyclic amines) is 1. The van der Waals surface area contributed by atoms with Crippen LogP contribution in [-0.2, 0) is 23.9 Å². The fourth-order valence-corrected chi connectivity index (χ4v) is 7.03. The summed E-state index contributed by atoms with van der Waals surface area (Å²) in [6.45, 7) is 6.97. The summed E-state index contributed by atoms with van der Waals surface area (Å²) < 4.78 is 11.8. The topological polar surface area (TPSA) is 96.4 Å². The van der Waals surface area contributed by atoms with Gasteiger partial charge in [-0.05, 0) is 45.4 Å². The summed E-state index contributed by atoms with van der Waals surface area (Å²) in [7, 11) is 0. The third-order valence-corrected chi connectivity index (χ3v) is 8.52. The second-order valence-electron chi connectivity index (χ2n) is 10.5. The molecule has 35 heavy (non-hydrogen) atoms. The van der Waals surface area contributed by atoms with Crippen LogP contribution in [0, 0.1) is 11.8 Å². The fraction of sp³-hybridized carbons (Fsp3) is 0.815. The van der Waals surface area contributed by atoms with E-state index in [-0.39, 0.29) is 43.1 Å². The highest BCUT2D eigenvalue weighted by molar-refractivity contribution is 5.98. The van der Waals surface area contributed by atoms with E-state index in [1.165, 1.54) is 6.42 Å². The zero-order valence-corrected chi connectivity index (χ0v) is 21.2. The summed E-state index contributed by atoms with van der Waals surface area (Å²) in [6, 6.07) is -0.574. The summed E-state index contributed by atoms with van der Waals surface area (Å²) in [4.78, 5) is 44.8. The highest BCUT2D eigenvalue weighted by atomic mass is 16.6. The molecular weight excluding hydrogens is 448 g/mol. The van der Waals surface area contributed by atoms with Crippen LogP contribution in [0.2, 0.25) is 0 Å². The molecule has 4 aliphatic rings. The van der Waals surface area contributed by atoms with Crippen molar-refractivity contribution in [2.24, 2.45) is 11.8 Å². The van der Waals surface area contributed by atoms with E-state index >= 15 is 0 Å². The van der Waals surface area contributed by atoms with Crippen molar-refractivity contribution in [3.05, 3.63) is 12.7 Å². The van der Waals surface area contributed by atoms with E-state index < -0.39 is 23.5 Å². The molecule has 1 spiro atoms. The average molecular weight is 491 g/mol. The first-order chi connectivity index (χ1) is 17.0. The molecule has 4 rings (SSSR count). The van der Waals surface area contributed by atoms with E-state index in [9.17, 15) is 14.4 Å². The zero-order valence-electron chi connectivity index (χ0n) is 21.2. The van der Waals surface area contributed by atoms with Gasteiger partial charge in [0.05, 0.1) is 24.5 Å². The summed E-state index contributed by atoms with van der Waals surface area (Å²) in [5, 5.41) is 9.09. The molecule has 1 saturated carbocycles. The number of hydrogen-bond donors (Lipinski definition) is 1. The van der Waals surface area contributed by atoms with E-state index in [1.807, 2.05) is 4.90 Å². The Labute approximate surface area is 209 Å². The van der Waals surface area contributed by atoms with Crippen molar-refractivity contribution >= 4 is 17.8 Å². The monoisotopic (exact) mass is 490 g/mol. The van der Waals surface area contributed by atoms with E-state index in [1.54, 1.807) is 17.9 Å². The summed E-state index contributed by atoms with van der Waals surface area (Å²) >= 11 is 0. The number of nitrogens with zero attached hydrogens (tertiary/aromatic N) is 2. The average Bonchev–Trinajstić information content (AvgIpc) is 3.50. The number of fused-ring (bicyclic) bond motifs is 1. The number of ether oxygens (including phenoxy) is 2. The largest absolute Gasteiger partial charge is 0.466 e. The Morgan fingerprint density at radius 2 is 1.94 bits per heavy atom. The Hall–Kier alpha value is -1.93. The van der Waals surface area contributed by atoms with Crippen LogP contribution >= 0.6 is 0 Å². The van der Waals surface area contributed by atoms with Crippen LogP contribution in [0.5, 0.6) is 0 Å². The molecule has 4 fully saturated rings. The number of unbranched alkanes of at least 4 members (excludes halogenated alkanes) is 3. The van der Waals surface area contributed by atoms with E-state index in [2.05, 4.69) is 6.58 Å². The van der Waals surface area contributed by atoms with Crippen LogP contribution in [0.15, 0.2) is 12.7 Å². The van der Waals surface area contributed by atoms with E-state index in [0.717, 1.165) is 51.4 Å². The highest BCUT2D eigenvalue weighted by Crippen LogP contribution is 2.59. The standard InChI is InChI=1S/C27H42N2O6/c1-3-16-28(19-12-8-7-9-13-19)25(32)23-27-15-14-20(35-27)21(26(33)34-4-2)22(27)24(31)29(23)17-10-5-6-11-18-30/h3,19-23,30H,1,4-18H2,2H3/t20-,21+,22+,23-,27+/m1/s1. The molecule has 3 saturated heterocycles. The number of esters is 1. The summed E-state index contributed by atoms with van der Waals surface area (Å²) in [6.07, 6.45) is 11.2. The van der Waals surface area contributed by atoms with Crippen LogP contribution in [0.25, 0.3) is 0 Å². The maximum atomic E-state index is 14.3. The third-order valence-electron chi connectivity index (χ3n) is 8.52. The van der Waals surface area contributed by atoms with Gasteiger partial charge < -0.3 is 24.4 Å². The fourth-order valence-electron chi connectivity index (χ4n) is 7.03. The molecule has 8 heteroatoms. The predicted octanol–water partition coefficient (Wildman–Crippen LogP) is 2.82. The molecule has 8 nitrogen and oxygen atoms in total. The highest BCUT2D eigenvalue weighted by Gasteiger charge is 2.75. The van der Waals surface area contributed by atoms with Crippen molar-refractivity contribution in [2.45, 2.75) is 101 Å². The number of hydrogen-bond acceptors (Lipinski definition) is 6. The Balaban J connectivity index is 1.64. The lowest BCUT2D eigenvalue weighted by molar-refractivity contribution is -0.155. The van der Waals surface area contributed by atoms with Gasteiger partial charge >= 0.3 is 5.97 Å². The van der Waals surface area contributed by atoms with Gasteiger partial charge in [-0.15, -0.1) is 6.58 Å². The normalized spacial score (nSPS) is 32.1. The van der Waals surface area contributed by atoms with Gasteiger partial charge in [0.1, 0.15) is 11.6 Å². The van der Waals surface area contributed by atoms with Crippen molar-refractivity contribution in [1.29, 1.82) is 0 Å². The van der Waals surface area contributed by atoms with Crippen molar-refractivity contribution < 1.29 is 29.0 Å². The van der Waals surface area contributed by atoms with Gasteiger partial charge in [-0.2, -0.15) is 0 Å². The molecular formula is C27H42N2O6. The minimum absolute atomic E-state index is 0.0619. The van der Waals surface area contributed by atoms with Crippen LogP contribution in [0.4, 0.5) is 0 Å². The lowest BCUT2D eigenvalue weighted by Crippen LogP contribution is -2.58. The van der Waals surface area contributed by atoms with Crippen molar-refractivity contribution in [3.63, 3.8) is 0 Å². The van der Waals surface area contributed by atoms with Crippen LogP contribution in [-0.4, -0.2) is 82.8 Å². The third kappa shape index (κ3) is 4.76. The number of aliphatic hydroxyl groups is 1. The van der Waals surface area contributed by atoms with Gasteiger partial charge in [-0.3, -0.25) is 14.4 Å². The molecule has 0 aromatic heterocycles. The molecule has 0 unspecified atom stereocenters. The lowest BCUT2D eigenvalue weighted by atomic mass is 9.70. The van der Waals surface area contributed by atoms with Gasteiger partial charge in [0, 0.05) is 25.7 Å². The van der Waals surface area contributed by atoms with Gasteiger partial charge in [0.2, 0.25) is 11.8 Å². The van der Waals surface area contributed by atoms with E-state index in [0.29, 0.717) is 25.9 Å². The SMILES string of the molecule is C=CCN(C(=O)[C@H]1N(CCCCCCO)C(=O)[C@@H]2[C@@H](C(=O)OCC)[C@H]3CC[C@]21O3)C1CCCCC1. The van der Waals surface area contributed by atoms with Crippen LogP contribution in [0.3, 0.4) is 0 Å². The number of carbonyl (C=O) groups is 3. The summed E-state index contributed by atoms with van der Waals surface area (Å²) in [5.41, 5.74) is -0.963. The number of amides is 2. The Bertz CT molecular complexity index is 797. The molecule has 0 aromatic rings. The molecule has 3 heterocycles. The Morgan fingerprint density at radius 3 is 2.63 bits per heavy atom. The van der Waals surface area contributed by atoms with Crippen molar-refractivity contribution in [3.8, 4) is 0 Å². The van der Waals surface area contributed by atoms with Crippen LogP contribution < -0.4 is 0 Å². The molecule has 2 bridgehead atoms. The molecule has 1 aliphatic carbocycles. The molecule has 0 aromatic carbocycles. The zero-order chi connectivity index (χ0) is 25.0. The second kappa shape index (κ2) is 11.4. The smallest absolute Gasteiger partial charge is 0.312 e. The first-order valence-electron chi connectivity index (χ1n) is 13.7. The van der Waals surface area contributed by atoms with Gasteiger partial charge in [0.15, 0.2) is 0 Å². The number of rotatable bonds is 12. The minimum atomic E-state index is -0.963. The second-order valence-corrected chi connectivity index (χ2v) is 10.5. The number of aliphatic hydroxyl groups excluding tert-OH is 1. The van der Waals surface area contributed by atoms with E-state index in [4.69, 9.17) is 14.6 Å². The maximum absolute atomic E-state index is 14.3. The van der Waals surface area contributed by atoms with Gasteiger partial charge in [-0.1, -0.05) is 38.2 Å².